The summed E-state index contributed by atoms with van der Waals surface area (Å²) >= 11 is 1.39. The van der Waals surface area contributed by atoms with Crippen LogP contribution in [0.25, 0.3) is 22.3 Å². The Labute approximate surface area is 199 Å². The van der Waals surface area contributed by atoms with Crippen molar-refractivity contribution in [2.24, 2.45) is 0 Å². The van der Waals surface area contributed by atoms with Gasteiger partial charge in [-0.2, -0.15) is 4.98 Å². The normalized spacial score (nSPS) is 17.0. The number of aryl methyl sites for hydroxylation is 1. The van der Waals surface area contributed by atoms with E-state index >= 15 is 0 Å². The molecule has 174 valence electrons. The molecule has 0 bridgehead atoms. The van der Waals surface area contributed by atoms with Gasteiger partial charge in [-0.25, -0.2) is 4.98 Å². The second-order valence-corrected chi connectivity index (χ2v) is 9.23. The smallest absolute Gasteiger partial charge is 0.262 e. The Morgan fingerprint density at radius 3 is 2.82 bits per heavy atom. The van der Waals surface area contributed by atoms with Gasteiger partial charge < -0.3 is 18.7 Å². The fourth-order valence-corrected chi connectivity index (χ4v) is 5.07. The molecule has 0 N–H and O–H groups in total. The minimum Gasteiger partial charge on any atom is -0.454 e. The van der Waals surface area contributed by atoms with Crippen molar-refractivity contribution in [2.75, 3.05) is 13.4 Å². The van der Waals surface area contributed by atoms with Gasteiger partial charge in [-0.15, -0.1) is 0 Å². The molecule has 4 heterocycles. The van der Waals surface area contributed by atoms with Crippen LogP contribution < -0.4 is 15.0 Å². The summed E-state index contributed by atoms with van der Waals surface area (Å²) in [6, 6.07) is 11.4. The van der Waals surface area contributed by atoms with Crippen molar-refractivity contribution in [1.29, 1.82) is 0 Å². The SMILES string of the molecule is Cc1ccccc1-c1noc(CSc2nc3cc4c(cc3c(=O)n2CC2CCCO2)OCO4)n1. The van der Waals surface area contributed by atoms with Crippen molar-refractivity contribution in [2.45, 2.75) is 43.3 Å². The average Bonchev–Trinajstić information content (AvgIpc) is 3.61. The van der Waals surface area contributed by atoms with Crippen LogP contribution in [0.5, 0.6) is 11.5 Å². The summed E-state index contributed by atoms with van der Waals surface area (Å²) in [5, 5.41) is 5.20. The molecule has 1 unspecified atom stereocenters. The first-order valence-electron chi connectivity index (χ1n) is 11.1. The summed E-state index contributed by atoms with van der Waals surface area (Å²) in [4.78, 5) is 22.8. The molecule has 4 aromatic rings. The summed E-state index contributed by atoms with van der Waals surface area (Å²) < 4.78 is 23.9. The second kappa shape index (κ2) is 8.77. The number of thioether (sulfide) groups is 1. The molecule has 2 aliphatic rings. The van der Waals surface area contributed by atoms with Crippen molar-refractivity contribution in [1.82, 2.24) is 19.7 Å². The number of hydrogen-bond donors (Lipinski definition) is 0. The van der Waals surface area contributed by atoms with Crippen molar-refractivity contribution in [3.05, 3.63) is 58.2 Å². The van der Waals surface area contributed by atoms with Gasteiger partial charge in [0.15, 0.2) is 16.7 Å². The van der Waals surface area contributed by atoms with Crippen molar-refractivity contribution < 1.29 is 18.7 Å². The molecular weight excluding hydrogens is 456 g/mol. The lowest BCUT2D eigenvalue weighted by atomic mass is 10.1. The highest BCUT2D eigenvalue weighted by Gasteiger charge is 2.23. The minimum atomic E-state index is -0.132. The molecule has 1 atom stereocenters. The summed E-state index contributed by atoms with van der Waals surface area (Å²) in [6.07, 6.45) is 1.89. The third-order valence-corrected chi connectivity index (χ3v) is 6.96. The summed E-state index contributed by atoms with van der Waals surface area (Å²) in [6.45, 7) is 3.30. The molecule has 1 saturated heterocycles. The predicted octanol–water partition coefficient (Wildman–Crippen LogP) is 3.95. The molecule has 9 nitrogen and oxygen atoms in total. The van der Waals surface area contributed by atoms with E-state index in [4.69, 9.17) is 23.7 Å². The van der Waals surface area contributed by atoms with Gasteiger partial charge >= 0.3 is 0 Å². The van der Waals surface area contributed by atoms with E-state index in [2.05, 4.69) is 10.1 Å². The zero-order valence-electron chi connectivity index (χ0n) is 18.5. The predicted molar refractivity (Wildman–Crippen MR) is 125 cm³/mol. The summed E-state index contributed by atoms with van der Waals surface area (Å²) in [5.41, 5.74) is 2.43. The second-order valence-electron chi connectivity index (χ2n) is 8.28. The minimum absolute atomic E-state index is 0.0126. The number of aromatic nitrogens is 4. The highest BCUT2D eigenvalue weighted by Crippen LogP contribution is 2.35. The van der Waals surface area contributed by atoms with Crippen LogP contribution in [0, 0.1) is 6.92 Å². The fourth-order valence-electron chi connectivity index (χ4n) is 4.23. The Kier molecular flexibility index (Phi) is 5.46. The number of rotatable bonds is 6. The molecule has 10 heteroatoms. The van der Waals surface area contributed by atoms with Gasteiger partial charge in [0.2, 0.25) is 18.5 Å². The van der Waals surface area contributed by atoms with E-state index in [0.717, 1.165) is 24.0 Å². The first kappa shape index (κ1) is 21.2. The third-order valence-electron chi connectivity index (χ3n) is 6.00. The van der Waals surface area contributed by atoms with Crippen molar-refractivity contribution >= 4 is 22.7 Å². The zero-order chi connectivity index (χ0) is 23.1. The topological polar surface area (TPSA) is 102 Å². The number of hydrogen-bond acceptors (Lipinski definition) is 9. The van der Waals surface area contributed by atoms with E-state index in [9.17, 15) is 4.79 Å². The third kappa shape index (κ3) is 3.92. The van der Waals surface area contributed by atoms with Gasteiger partial charge in [0.1, 0.15) is 0 Å². The maximum Gasteiger partial charge on any atom is 0.262 e. The van der Waals surface area contributed by atoms with Crippen LogP contribution in [-0.2, 0) is 17.0 Å². The first-order chi connectivity index (χ1) is 16.7. The van der Waals surface area contributed by atoms with Gasteiger partial charge in [-0.1, -0.05) is 41.2 Å². The Bertz CT molecular complexity index is 1430. The van der Waals surface area contributed by atoms with Crippen molar-refractivity contribution in [3.63, 3.8) is 0 Å². The molecule has 6 rings (SSSR count). The van der Waals surface area contributed by atoms with E-state index in [0.29, 0.717) is 58.2 Å². The first-order valence-corrected chi connectivity index (χ1v) is 12.1. The molecule has 2 aromatic carbocycles. The summed E-state index contributed by atoms with van der Waals surface area (Å²) in [7, 11) is 0. The van der Waals surface area contributed by atoms with E-state index in [1.54, 1.807) is 16.7 Å². The fraction of sp³-hybridized carbons (Fsp3) is 0.333. The van der Waals surface area contributed by atoms with Crippen LogP contribution in [0.1, 0.15) is 24.3 Å². The van der Waals surface area contributed by atoms with E-state index in [-0.39, 0.29) is 18.5 Å². The Balaban J connectivity index is 1.33. The van der Waals surface area contributed by atoms with Crippen LogP contribution in [0.4, 0.5) is 0 Å². The lowest BCUT2D eigenvalue weighted by Crippen LogP contribution is -2.28. The van der Waals surface area contributed by atoms with Crippen LogP contribution >= 0.6 is 11.8 Å². The largest absolute Gasteiger partial charge is 0.454 e. The van der Waals surface area contributed by atoms with Gasteiger partial charge in [0.25, 0.3) is 5.56 Å². The number of benzene rings is 2. The van der Waals surface area contributed by atoms with Crippen LogP contribution in [0.3, 0.4) is 0 Å². The van der Waals surface area contributed by atoms with E-state index in [1.165, 1.54) is 11.8 Å². The molecule has 1 fully saturated rings. The molecule has 0 spiro atoms. The van der Waals surface area contributed by atoms with Crippen molar-refractivity contribution in [3.8, 4) is 22.9 Å². The monoisotopic (exact) mass is 478 g/mol. The van der Waals surface area contributed by atoms with Crippen LogP contribution in [-0.4, -0.2) is 39.2 Å². The van der Waals surface area contributed by atoms with E-state index < -0.39 is 0 Å². The molecule has 0 saturated carbocycles. The Morgan fingerprint density at radius 2 is 2.00 bits per heavy atom. The molecular formula is C24H22N4O5S. The number of nitrogens with zero attached hydrogens (tertiary/aromatic N) is 4. The molecule has 2 aliphatic heterocycles. The standard InChI is InChI=1S/C24H22N4O5S/c1-14-5-2-3-7-16(14)22-26-21(33-27-22)12-34-24-25-18-10-20-19(31-13-32-20)9-17(18)23(29)28(24)11-15-6-4-8-30-15/h2-3,5,7,9-10,15H,4,6,8,11-13H2,1H3. The zero-order valence-corrected chi connectivity index (χ0v) is 19.3. The van der Waals surface area contributed by atoms with Gasteiger partial charge in [0, 0.05) is 18.2 Å². The van der Waals surface area contributed by atoms with Crippen LogP contribution in [0.2, 0.25) is 0 Å². The van der Waals surface area contributed by atoms with Crippen LogP contribution in [0.15, 0.2) is 50.9 Å². The number of ether oxygens (including phenoxy) is 3. The maximum absolute atomic E-state index is 13.5. The van der Waals surface area contributed by atoms with Gasteiger partial charge in [0.05, 0.1) is 29.3 Å². The lowest BCUT2D eigenvalue weighted by Gasteiger charge is -2.16. The quantitative estimate of drug-likeness (QED) is 0.301. The summed E-state index contributed by atoms with van der Waals surface area (Å²) in [5.74, 6) is 2.54. The number of fused-ring (bicyclic) bond motifs is 2. The lowest BCUT2D eigenvalue weighted by molar-refractivity contribution is 0.0937. The highest BCUT2D eigenvalue weighted by atomic mass is 32.2. The van der Waals surface area contributed by atoms with Gasteiger partial charge in [-0.3, -0.25) is 9.36 Å². The highest BCUT2D eigenvalue weighted by molar-refractivity contribution is 7.98. The molecule has 0 aliphatic carbocycles. The maximum atomic E-state index is 13.5. The molecule has 0 amide bonds. The molecule has 34 heavy (non-hydrogen) atoms. The molecule has 0 radical (unpaired) electrons. The molecule has 2 aromatic heterocycles. The van der Waals surface area contributed by atoms with E-state index in [1.807, 2.05) is 31.2 Å². The Morgan fingerprint density at radius 1 is 1.15 bits per heavy atom. The average molecular weight is 479 g/mol. The van der Waals surface area contributed by atoms with Gasteiger partial charge in [-0.05, 0) is 31.4 Å². The Hall–Kier alpha value is -3.37.